The lowest BCUT2D eigenvalue weighted by Gasteiger charge is -2.09. The Morgan fingerprint density at radius 3 is 1.95 bits per heavy atom. The number of rotatable bonds is 5. The number of nitrogens with two attached hydrogens (primary N) is 2. The molecule has 0 unspecified atom stereocenters. The third-order valence-electron chi connectivity index (χ3n) is 3.83. The fourth-order valence-electron chi connectivity index (χ4n) is 2.34. The monoisotopic (exact) mass is 570 g/mol. The first-order valence-corrected chi connectivity index (χ1v) is 11.4. The summed E-state index contributed by atoms with van der Waals surface area (Å²) in [6.07, 6.45) is 6.64. The van der Waals surface area contributed by atoms with Crippen LogP contribution in [0.3, 0.4) is 0 Å². The third kappa shape index (κ3) is 8.56. The summed E-state index contributed by atoms with van der Waals surface area (Å²) in [4.78, 5) is 37.8. The smallest absolute Gasteiger partial charge is 0.359 e. The molecule has 4 rings (SSSR count). The van der Waals surface area contributed by atoms with Gasteiger partial charge in [-0.3, -0.25) is 5.10 Å². The van der Waals surface area contributed by atoms with Crippen molar-refractivity contribution in [3.63, 3.8) is 0 Å². The topological polar surface area (TPSA) is 203 Å². The van der Waals surface area contributed by atoms with Gasteiger partial charge in [-0.25, -0.2) is 29.2 Å². The summed E-state index contributed by atoms with van der Waals surface area (Å²) >= 11 is 16.8. The number of nitrogens with zero attached hydrogens (tertiary/aromatic N) is 7. The number of ether oxygens (including phenoxy) is 2. The lowest BCUT2D eigenvalue weighted by molar-refractivity contribution is 0.0511. The van der Waals surface area contributed by atoms with E-state index in [2.05, 4.69) is 35.2 Å². The van der Waals surface area contributed by atoms with Gasteiger partial charge >= 0.3 is 11.9 Å². The minimum absolute atomic E-state index is 0.0329. The Balaban J connectivity index is 0.000000224. The maximum absolute atomic E-state index is 11.7. The number of aromatic nitrogens is 8. The fourth-order valence-corrected chi connectivity index (χ4v) is 2.89. The number of aromatic amines is 1. The van der Waals surface area contributed by atoms with Crippen molar-refractivity contribution < 1.29 is 19.1 Å². The van der Waals surface area contributed by atoms with Gasteiger partial charge in [0.15, 0.2) is 22.4 Å². The molecule has 0 spiro atoms. The SMILES string of the molecule is CCOC(=O)c1nc(Cl)nc(-n2cccn2)c1N.CCOC(=O)c1nc(Cl)nc(Cl)c1N.c1cn[nH]c1. The molecule has 0 radical (unpaired) electrons. The van der Waals surface area contributed by atoms with E-state index in [0.29, 0.717) is 0 Å². The number of anilines is 2. The lowest BCUT2D eigenvalue weighted by Crippen LogP contribution is -2.15. The molecule has 14 nitrogen and oxygen atoms in total. The van der Waals surface area contributed by atoms with Crippen molar-refractivity contribution in [2.24, 2.45) is 0 Å². The van der Waals surface area contributed by atoms with Crippen molar-refractivity contribution in [2.45, 2.75) is 13.8 Å². The van der Waals surface area contributed by atoms with Crippen LogP contribution in [0.25, 0.3) is 5.82 Å². The van der Waals surface area contributed by atoms with E-state index < -0.39 is 11.9 Å². The minimum Gasteiger partial charge on any atom is -0.461 e. The standard InChI is InChI=1S/C10H10ClN5O2.C7H7Cl2N3O2.C3H4N2/c1-2-18-9(17)7-6(12)8(15-10(11)14-7)16-5-3-4-13-16;1-2-14-6(13)4-3(10)5(8)12-7(9)11-4;1-2-4-5-3-1/h3-5H,2,12H2,1H3;2,10H2,1H3;1-3H,(H,4,5). The number of carbonyl (C=O) groups is 2. The number of hydrogen-bond donors (Lipinski definition) is 3. The predicted octanol–water partition coefficient (Wildman–Crippen LogP) is 3.03. The van der Waals surface area contributed by atoms with Crippen molar-refractivity contribution in [1.82, 2.24) is 39.9 Å². The van der Waals surface area contributed by atoms with Crippen molar-refractivity contribution in [3.8, 4) is 5.82 Å². The summed E-state index contributed by atoms with van der Waals surface area (Å²) in [5.74, 6) is -1.08. The lowest BCUT2D eigenvalue weighted by atomic mass is 10.3. The van der Waals surface area contributed by atoms with Gasteiger partial charge in [0.05, 0.1) is 13.2 Å². The van der Waals surface area contributed by atoms with Crippen molar-refractivity contribution in [3.05, 3.63) is 64.0 Å². The van der Waals surface area contributed by atoms with E-state index in [1.54, 1.807) is 44.7 Å². The molecule has 0 aliphatic rings. The molecule has 0 atom stereocenters. The maximum atomic E-state index is 11.7. The molecule has 4 heterocycles. The van der Waals surface area contributed by atoms with Gasteiger partial charge in [0.2, 0.25) is 10.6 Å². The molecule has 5 N–H and O–H groups in total. The number of esters is 2. The molecular weight excluding hydrogens is 551 g/mol. The molecule has 37 heavy (non-hydrogen) atoms. The van der Waals surface area contributed by atoms with Gasteiger partial charge in [-0.2, -0.15) is 15.2 Å². The normalized spacial score (nSPS) is 9.86. The summed E-state index contributed by atoms with van der Waals surface area (Å²) in [5, 5.41) is 9.87. The van der Waals surface area contributed by atoms with Gasteiger partial charge in [0, 0.05) is 24.8 Å². The Kier molecular flexibility index (Phi) is 11.5. The van der Waals surface area contributed by atoms with Crippen LogP contribution in [0.15, 0.2) is 36.9 Å². The van der Waals surface area contributed by atoms with Gasteiger partial charge in [0.1, 0.15) is 11.4 Å². The zero-order chi connectivity index (χ0) is 27.4. The molecule has 196 valence electrons. The van der Waals surface area contributed by atoms with Gasteiger partial charge in [-0.15, -0.1) is 0 Å². The second-order valence-corrected chi connectivity index (χ2v) is 7.32. The molecule has 0 fully saturated rings. The Bertz CT molecular complexity index is 1290. The Hall–Kier alpha value is -4.01. The first-order chi connectivity index (χ1) is 17.7. The van der Waals surface area contributed by atoms with E-state index in [4.69, 9.17) is 55.7 Å². The molecule has 4 aromatic rings. The summed E-state index contributed by atoms with van der Waals surface area (Å²) in [6.45, 7) is 3.79. The molecule has 0 amide bonds. The van der Waals surface area contributed by atoms with Crippen molar-refractivity contribution >= 4 is 58.1 Å². The molecule has 0 saturated carbocycles. The maximum Gasteiger partial charge on any atom is 0.359 e. The second-order valence-electron chi connectivity index (χ2n) is 6.28. The van der Waals surface area contributed by atoms with Crippen LogP contribution in [0.1, 0.15) is 34.8 Å². The first kappa shape index (κ1) is 29.2. The molecule has 0 bridgehead atoms. The van der Waals surface area contributed by atoms with Crippen LogP contribution in [-0.2, 0) is 9.47 Å². The summed E-state index contributed by atoms with van der Waals surface area (Å²) < 4.78 is 10.9. The molecule has 0 aliphatic carbocycles. The average molecular weight is 572 g/mol. The van der Waals surface area contributed by atoms with E-state index in [0.717, 1.165) is 0 Å². The van der Waals surface area contributed by atoms with Crippen LogP contribution in [-0.4, -0.2) is 65.1 Å². The fraction of sp³-hybridized carbons (Fsp3) is 0.200. The van der Waals surface area contributed by atoms with Crippen LogP contribution >= 0.6 is 34.8 Å². The highest BCUT2D eigenvalue weighted by Crippen LogP contribution is 2.22. The van der Waals surface area contributed by atoms with Crippen LogP contribution in [0, 0.1) is 0 Å². The van der Waals surface area contributed by atoms with Gasteiger partial charge in [-0.05, 0) is 49.2 Å². The van der Waals surface area contributed by atoms with E-state index in [-0.39, 0.29) is 57.5 Å². The number of nitrogen functional groups attached to an aromatic ring is 2. The Morgan fingerprint density at radius 1 is 0.892 bits per heavy atom. The number of H-pyrrole nitrogens is 1. The number of nitrogens with one attached hydrogen (secondary N) is 1. The first-order valence-electron chi connectivity index (χ1n) is 10.3. The van der Waals surface area contributed by atoms with Crippen LogP contribution < -0.4 is 11.5 Å². The zero-order valence-electron chi connectivity index (χ0n) is 19.4. The molecule has 4 aromatic heterocycles. The van der Waals surface area contributed by atoms with Gasteiger partial charge < -0.3 is 20.9 Å². The Morgan fingerprint density at radius 2 is 1.49 bits per heavy atom. The van der Waals surface area contributed by atoms with Gasteiger partial charge in [0.25, 0.3) is 0 Å². The summed E-state index contributed by atoms with van der Waals surface area (Å²) in [5.41, 5.74) is 11.2. The predicted molar refractivity (Wildman–Crippen MR) is 136 cm³/mol. The Labute approximate surface area is 225 Å². The molecular formula is C20H21Cl3N10O4. The van der Waals surface area contributed by atoms with Crippen LogP contribution in [0.5, 0.6) is 0 Å². The molecule has 0 saturated heterocycles. The van der Waals surface area contributed by atoms with Crippen molar-refractivity contribution in [2.75, 3.05) is 24.7 Å². The van der Waals surface area contributed by atoms with E-state index >= 15 is 0 Å². The number of hydrogen-bond acceptors (Lipinski definition) is 12. The number of carbonyl (C=O) groups excluding carboxylic acids is 2. The summed E-state index contributed by atoms with van der Waals surface area (Å²) in [7, 11) is 0. The van der Waals surface area contributed by atoms with Gasteiger partial charge in [-0.1, -0.05) is 11.6 Å². The highest BCUT2D eigenvalue weighted by Gasteiger charge is 2.20. The van der Waals surface area contributed by atoms with Crippen LogP contribution in [0.4, 0.5) is 11.4 Å². The summed E-state index contributed by atoms with van der Waals surface area (Å²) in [6, 6.07) is 3.53. The highest BCUT2D eigenvalue weighted by molar-refractivity contribution is 6.34. The second kappa shape index (κ2) is 14.5. The van der Waals surface area contributed by atoms with E-state index in [1.807, 2.05) is 6.07 Å². The third-order valence-corrected chi connectivity index (χ3v) is 4.46. The zero-order valence-corrected chi connectivity index (χ0v) is 21.7. The molecule has 0 aliphatic heterocycles. The minimum atomic E-state index is -0.670. The van der Waals surface area contributed by atoms with Crippen molar-refractivity contribution in [1.29, 1.82) is 0 Å². The van der Waals surface area contributed by atoms with E-state index in [9.17, 15) is 9.59 Å². The molecule has 17 heteroatoms. The average Bonchev–Trinajstić information content (AvgIpc) is 3.60. The molecule has 0 aromatic carbocycles. The number of halogens is 3. The highest BCUT2D eigenvalue weighted by atomic mass is 35.5. The quantitative estimate of drug-likeness (QED) is 0.180. The van der Waals surface area contributed by atoms with Crippen LogP contribution in [0.2, 0.25) is 15.7 Å². The largest absolute Gasteiger partial charge is 0.461 e. The van der Waals surface area contributed by atoms with E-state index in [1.165, 1.54) is 4.68 Å².